The van der Waals surface area contributed by atoms with E-state index in [9.17, 15) is 14.0 Å². The minimum Gasteiger partial charge on any atom is -0.497 e. The first kappa shape index (κ1) is 17.0. The molecule has 0 aliphatic heterocycles. The van der Waals surface area contributed by atoms with Crippen molar-refractivity contribution >= 4 is 33.5 Å². The number of nitrogens with one attached hydrogen (secondary N) is 1. The van der Waals surface area contributed by atoms with E-state index in [2.05, 4.69) is 21.2 Å². The van der Waals surface area contributed by atoms with E-state index in [1.807, 2.05) is 0 Å². The van der Waals surface area contributed by atoms with E-state index in [1.165, 1.54) is 19.2 Å². The number of ether oxygens (including phenoxy) is 2. The van der Waals surface area contributed by atoms with Crippen LogP contribution in [0.15, 0.2) is 46.9 Å². The van der Waals surface area contributed by atoms with Gasteiger partial charge in [-0.2, -0.15) is 0 Å². The maximum atomic E-state index is 13.7. The Morgan fingerprint density at radius 3 is 2.48 bits per heavy atom. The molecule has 0 radical (unpaired) electrons. The Hall–Kier alpha value is -2.41. The topological polar surface area (TPSA) is 64.6 Å². The number of halogens is 2. The van der Waals surface area contributed by atoms with Crippen LogP contribution in [-0.4, -0.2) is 25.6 Å². The van der Waals surface area contributed by atoms with Crippen molar-refractivity contribution in [3.05, 3.63) is 58.3 Å². The molecule has 0 atom stereocenters. The summed E-state index contributed by atoms with van der Waals surface area (Å²) < 4.78 is 24.2. The highest BCUT2D eigenvalue weighted by Gasteiger charge is 2.15. The van der Waals surface area contributed by atoms with E-state index >= 15 is 0 Å². The number of amides is 1. The minimum atomic E-state index is -0.920. The number of rotatable bonds is 5. The predicted octanol–water partition coefficient (Wildman–Crippen LogP) is 3.39. The van der Waals surface area contributed by atoms with Gasteiger partial charge in [-0.25, -0.2) is 9.18 Å². The third-order valence-corrected chi connectivity index (χ3v) is 3.39. The van der Waals surface area contributed by atoms with Crippen LogP contribution in [-0.2, 0) is 9.53 Å². The Balaban J connectivity index is 1.91. The number of carbonyl (C=O) groups is 2. The van der Waals surface area contributed by atoms with E-state index in [0.717, 1.165) is 10.5 Å². The van der Waals surface area contributed by atoms with Crippen LogP contribution in [0.3, 0.4) is 0 Å². The molecule has 5 nitrogen and oxygen atoms in total. The Labute approximate surface area is 140 Å². The molecule has 0 aromatic heterocycles. The molecule has 1 amide bonds. The second kappa shape index (κ2) is 7.73. The summed E-state index contributed by atoms with van der Waals surface area (Å²) in [6.45, 7) is -0.514. The van der Waals surface area contributed by atoms with Gasteiger partial charge in [0, 0.05) is 16.2 Å². The minimum absolute atomic E-state index is 0.262. The van der Waals surface area contributed by atoms with E-state index < -0.39 is 24.3 Å². The lowest BCUT2D eigenvalue weighted by molar-refractivity contribution is -0.119. The van der Waals surface area contributed by atoms with Gasteiger partial charge >= 0.3 is 5.97 Å². The summed E-state index contributed by atoms with van der Waals surface area (Å²) >= 11 is 3.28. The quantitative estimate of drug-likeness (QED) is 0.806. The maximum absolute atomic E-state index is 13.7. The number of hydrogen-bond donors (Lipinski definition) is 1. The second-order valence-electron chi connectivity index (χ2n) is 4.48. The largest absolute Gasteiger partial charge is 0.497 e. The summed E-state index contributed by atoms with van der Waals surface area (Å²) in [6.07, 6.45) is 0. The Bertz CT molecular complexity index is 719. The fraction of sp³-hybridized carbons (Fsp3) is 0.125. The van der Waals surface area contributed by atoms with Gasteiger partial charge in [0.2, 0.25) is 0 Å². The van der Waals surface area contributed by atoms with Crippen LogP contribution in [0.1, 0.15) is 10.4 Å². The molecule has 23 heavy (non-hydrogen) atoms. The normalized spacial score (nSPS) is 10.0. The van der Waals surface area contributed by atoms with Crippen LogP contribution in [0, 0.1) is 5.82 Å². The molecule has 2 aromatic carbocycles. The molecule has 0 fully saturated rings. The van der Waals surface area contributed by atoms with Gasteiger partial charge in [0.15, 0.2) is 6.61 Å². The molecule has 0 unspecified atom stereocenters. The SMILES string of the molecule is COc1ccc(C(=O)OCC(=O)Nc2ccc(Br)cc2)c(F)c1. The molecular weight excluding hydrogens is 369 g/mol. The van der Waals surface area contributed by atoms with Crippen molar-refractivity contribution in [2.75, 3.05) is 19.0 Å². The van der Waals surface area contributed by atoms with E-state index in [0.29, 0.717) is 5.69 Å². The highest BCUT2D eigenvalue weighted by Crippen LogP contribution is 2.17. The highest BCUT2D eigenvalue weighted by molar-refractivity contribution is 9.10. The highest BCUT2D eigenvalue weighted by atomic mass is 79.9. The van der Waals surface area contributed by atoms with E-state index in [-0.39, 0.29) is 11.3 Å². The molecule has 0 saturated heterocycles. The third kappa shape index (κ3) is 4.79. The zero-order valence-corrected chi connectivity index (χ0v) is 13.7. The number of anilines is 1. The summed E-state index contributed by atoms with van der Waals surface area (Å²) in [5.74, 6) is -1.93. The summed E-state index contributed by atoms with van der Waals surface area (Å²) in [5.41, 5.74) is 0.298. The molecule has 1 N–H and O–H groups in total. The Morgan fingerprint density at radius 1 is 1.17 bits per heavy atom. The predicted molar refractivity (Wildman–Crippen MR) is 86.0 cm³/mol. The summed E-state index contributed by atoms with van der Waals surface area (Å²) in [4.78, 5) is 23.5. The molecule has 2 rings (SSSR count). The van der Waals surface area contributed by atoms with Crippen molar-refractivity contribution < 1.29 is 23.5 Å². The van der Waals surface area contributed by atoms with E-state index in [1.54, 1.807) is 24.3 Å². The average Bonchev–Trinajstić information content (AvgIpc) is 2.54. The van der Waals surface area contributed by atoms with Crippen molar-refractivity contribution in [2.24, 2.45) is 0 Å². The lowest BCUT2D eigenvalue weighted by Gasteiger charge is -2.08. The molecule has 0 bridgehead atoms. The molecule has 0 aliphatic rings. The average molecular weight is 382 g/mol. The summed E-state index contributed by atoms with van der Waals surface area (Å²) in [7, 11) is 1.39. The zero-order valence-electron chi connectivity index (χ0n) is 12.1. The van der Waals surface area contributed by atoms with Crippen LogP contribution in [0.25, 0.3) is 0 Å². The fourth-order valence-electron chi connectivity index (χ4n) is 1.73. The summed E-state index contributed by atoms with van der Waals surface area (Å²) in [6, 6.07) is 10.6. The fourth-order valence-corrected chi connectivity index (χ4v) is 1.99. The van der Waals surface area contributed by atoms with Gasteiger partial charge in [-0.1, -0.05) is 15.9 Å². The van der Waals surface area contributed by atoms with Gasteiger partial charge in [-0.15, -0.1) is 0 Å². The van der Waals surface area contributed by atoms with Crippen molar-refractivity contribution in [3.63, 3.8) is 0 Å². The molecular formula is C16H13BrFNO4. The molecule has 7 heteroatoms. The monoisotopic (exact) mass is 381 g/mol. The molecule has 2 aromatic rings. The zero-order chi connectivity index (χ0) is 16.8. The van der Waals surface area contributed by atoms with Crippen LogP contribution in [0.4, 0.5) is 10.1 Å². The maximum Gasteiger partial charge on any atom is 0.341 e. The first-order chi connectivity index (χ1) is 11.0. The van der Waals surface area contributed by atoms with Gasteiger partial charge in [0.25, 0.3) is 5.91 Å². The lowest BCUT2D eigenvalue weighted by Crippen LogP contribution is -2.21. The Morgan fingerprint density at radius 2 is 1.87 bits per heavy atom. The van der Waals surface area contributed by atoms with Crippen LogP contribution in [0.5, 0.6) is 5.75 Å². The molecule has 0 spiro atoms. The van der Waals surface area contributed by atoms with Gasteiger partial charge in [0.05, 0.1) is 12.7 Å². The number of hydrogen-bond acceptors (Lipinski definition) is 4. The standard InChI is InChI=1S/C16H13BrFNO4/c1-22-12-6-7-13(14(18)8-12)16(21)23-9-15(20)19-11-4-2-10(17)3-5-11/h2-8H,9H2,1H3,(H,19,20). The first-order valence-electron chi connectivity index (χ1n) is 6.55. The molecule has 0 heterocycles. The van der Waals surface area contributed by atoms with Crippen molar-refractivity contribution in [3.8, 4) is 5.75 Å². The van der Waals surface area contributed by atoms with Crippen LogP contribution >= 0.6 is 15.9 Å². The first-order valence-corrected chi connectivity index (χ1v) is 7.35. The third-order valence-electron chi connectivity index (χ3n) is 2.86. The van der Waals surface area contributed by atoms with Gasteiger partial charge in [-0.05, 0) is 36.4 Å². The van der Waals surface area contributed by atoms with Gasteiger partial charge in [-0.3, -0.25) is 4.79 Å². The van der Waals surface area contributed by atoms with E-state index in [4.69, 9.17) is 9.47 Å². The van der Waals surface area contributed by atoms with Crippen LogP contribution < -0.4 is 10.1 Å². The molecule has 0 aliphatic carbocycles. The summed E-state index contributed by atoms with van der Waals surface area (Å²) in [5, 5.41) is 2.56. The number of esters is 1. The van der Waals surface area contributed by atoms with Crippen LogP contribution in [0.2, 0.25) is 0 Å². The Kier molecular flexibility index (Phi) is 5.70. The number of carbonyl (C=O) groups excluding carboxylic acids is 2. The molecule has 0 saturated carbocycles. The van der Waals surface area contributed by atoms with Crippen molar-refractivity contribution in [2.45, 2.75) is 0 Å². The van der Waals surface area contributed by atoms with Gasteiger partial charge in [0.1, 0.15) is 11.6 Å². The molecule has 120 valence electrons. The second-order valence-corrected chi connectivity index (χ2v) is 5.39. The lowest BCUT2D eigenvalue weighted by atomic mass is 10.2. The number of methoxy groups -OCH3 is 1. The van der Waals surface area contributed by atoms with Gasteiger partial charge < -0.3 is 14.8 Å². The smallest absolute Gasteiger partial charge is 0.341 e. The van der Waals surface area contributed by atoms with Crippen molar-refractivity contribution in [1.29, 1.82) is 0 Å². The van der Waals surface area contributed by atoms with Crippen molar-refractivity contribution in [1.82, 2.24) is 0 Å². The number of benzene rings is 2.